The maximum Gasteiger partial charge on any atom is 0.255 e. The van der Waals surface area contributed by atoms with Crippen LogP contribution in [-0.2, 0) is 9.53 Å². The minimum atomic E-state index is -1.34. The van der Waals surface area contributed by atoms with Gasteiger partial charge in [0.15, 0.2) is 11.6 Å². The van der Waals surface area contributed by atoms with Gasteiger partial charge in [-0.2, -0.15) is 0 Å². The number of nitrogens with one attached hydrogen (secondary N) is 1. The third-order valence-corrected chi connectivity index (χ3v) is 4.27. The number of rotatable bonds is 3. The number of methoxy groups -OCH3 is 1. The van der Waals surface area contributed by atoms with Crippen molar-refractivity contribution in [2.24, 2.45) is 0 Å². The van der Waals surface area contributed by atoms with E-state index in [1.54, 1.807) is 18.2 Å². The molecule has 1 amide bonds. The van der Waals surface area contributed by atoms with Crippen molar-refractivity contribution in [2.75, 3.05) is 12.0 Å². The average molecular weight is 359 g/mol. The number of imidazole rings is 1. The standard InChI is InChI=1S/C18H12F3N3O2/c1-26-15-7-16(25)24(10-2-3-13-14(6-10)23-8-22-13)18(15)11-4-9(19)5-12(20)17(11)21/h2-8,18H,1H3,(H,22,23). The van der Waals surface area contributed by atoms with Crippen LogP contribution in [0.1, 0.15) is 11.6 Å². The monoisotopic (exact) mass is 359 g/mol. The SMILES string of the molecule is COC1=CC(=O)N(c2ccc3[nH]cnc3c2)C1c1cc(F)cc(F)c1F. The van der Waals surface area contributed by atoms with Crippen molar-refractivity contribution in [3.05, 3.63) is 71.5 Å². The van der Waals surface area contributed by atoms with E-state index in [2.05, 4.69) is 9.97 Å². The molecule has 0 spiro atoms. The molecule has 1 aliphatic rings. The molecule has 1 unspecified atom stereocenters. The maximum atomic E-state index is 14.4. The molecule has 2 heterocycles. The molecule has 1 aliphatic heterocycles. The zero-order chi connectivity index (χ0) is 18.4. The molecule has 26 heavy (non-hydrogen) atoms. The molecule has 0 saturated carbocycles. The number of hydrogen-bond acceptors (Lipinski definition) is 3. The summed E-state index contributed by atoms with van der Waals surface area (Å²) in [5.41, 5.74) is 1.40. The Labute approximate surface area is 145 Å². The van der Waals surface area contributed by atoms with E-state index in [4.69, 9.17) is 4.74 Å². The van der Waals surface area contributed by atoms with Crippen molar-refractivity contribution in [1.82, 2.24) is 9.97 Å². The van der Waals surface area contributed by atoms with Crippen molar-refractivity contribution < 1.29 is 22.7 Å². The topological polar surface area (TPSA) is 58.2 Å². The molecule has 5 nitrogen and oxygen atoms in total. The molecule has 0 radical (unpaired) electrons. The molecule has 2 aromatic carbocycles. The van der Waals surface area contributed by atoms with Gasteiger partial charge in [0.25, 0.3) is 5.91 Å². The Morgan fingerprint density at radius 2 is 2.00 bits per heavy atom. The van der Waals surface area contributed by atoms with Gasteiger partial charge in [0, 0.05) is 23.4 Å². The highest BCUT2D eigenvalue weighted by Gasteiger charge is 2.39. The van der Waals surface area contributed by atoms with E-state index >= 15 is 0 Å². The summed E-state index contributed by atoms with van der Waals surface area (Å²) < 4.78 is 47.0. The maximum absolute atomic E-state index is 14.4. The summed E-state index contributed by atoms with van der Waals surface area (Å²) in [6, 6.07) is 5.13. The number of hydrogen-bond donors (Lipinski definition) is 1. The van der Waals surface area contributed by atoms with E-state index in [1.807, 2.05) is 0 Å². The van der Waals surface area contributed by atoms with Crippen molar-refractivity contribution in [1.29, 1.82) is 0 Å². The fourth-order valence-electron chi connectivity index (χ4n) is 3.11. The molecule has 1 aromatic heterocycles. The van der Waals surface area contributed by atoms with Gasteiger partial charge in [-0.1, -0.05) is 0 Å². The van der Waals surface area contributed by atoms with Crippen LogP contribution in [-0.4, -0.2) is 23.0 Å². The van der Waals surface area contributed by atoms with Crippen LogP contribution in [0, 0.1) is 17.5 Å². The first kappa shape index (κ1) is 16.2. The largest absolute Gasteiger partial charge is 0.498 e. The van der Waals surface area contributed by atoms with E-state index in [-0.39, 0.29) is 11.3 Å². The lowest BCUT2D eigenvalue weighted by Crippen LogP contribution is -2.30. The van der Waals surface area contributed by atoms with Crippen LogP contribution in [0.2, 0.25) is 0 Å². The number of H-pyrrole nitrogens is 1. The molecule has 0 fully saturated rings. The summed E-state index contributed by atoms with van der Waals surface area (Å²) in [4.78, 5) is 20.8. The molecule has 1 atom stereocenters. The highest BCUT2D eigenvalue weighted by atomic mass is 19.2. The van der Waals surface area contributed by atoms with Crippen molar-refractivity contribution in [2.45, 2.75) is 6.04 Å². The summed E-state index contributed by atoms with van der Waals surface area (Å²) >= 11 is 0. The summed E-state index contributed by atoms with van der Waals surface area (Å²) in [5, 5.41) is 0. The first-order chi connectivity index (χ1) is 12.5. The van der Waals surface area contributed by atoms with Gasteiger partial charge < -0.3 is 9.72 Å². The first-order valence-electron chi connectivity index (χ1n) is 7.66. The van der Waals surface area contributed by atoms with Gasteiger partial charge in [0.05, 0.1) is 24.5 Å². The van der Waals surface area contributed by atoms with Crippen LogP contribution in [0.5, 0.6) is 0 Å². The number of fused-ring (bicyclic) bond motifs is 1. The third-order valence-electron chi connectivity index (χ3n) is 4.27. The van der Waals surface area contributed by atoms with E-state index in [0.717, 1.165) is 11.6 Å². The smallest absolute Gasteiger partial charge is 0.255 e. The molecule has 3 aromatic rings. The van der Waals surface area contributed by atoms with E-state index in [1.165, 1.54) is 24.4 Å². The Bertz CT molecular complexity index is 1060. The lowest BCUT2D eigenvalue weighted by molar-refractivity contribution is -0.113. The number of nitrogens with zero attached hydrogens (tertiary/aromatic N) is 2. The normalized spacial score (nSPS) is 17.1. The second-order valence-electron chi connectivity index (χ2n) is 5.76. The molecule has 0 bridgehead atoms. The van der Waals surface area contributed by atoms with Gasteiger partial charge in [-0.3, -0.25) is 9.69 Å². The predicted molar refractivity (Wildman–Crippen MR) is 87.7 cm³/mol. The van der Waals surface area contributed by atoms with Gasteiger partial charge in [-0.05, 0) is 24.3 Å². The molecule has 8 heteroatoms. The number of anilines is 1. The van der Waals surface area contributed by atoms with Crippen LogP contribution in [0.15, 0.2) is 48.5 Å². The number of aromatic nitrogens is 2. The highest BCUT2D eigenvalue weighted by molar-refractivity contribution is 6.06. The van der Waals surface area contributed by atoms with E-state index in [0.29, 0.717) is 17.3 Å². The lowest BCUT2D eigenvalue weighted by atomic mass is 10.0. The summed E-state index contributed by atoms with van der Waals surface area (Å²) in [7, 11) is 1.31. The molecule has 4 rings (SSSR count). The van der Waals surface area contributed by atoms with Crippen molar-refractivity contribution in [3.8, 4) is 0 Å². The number of aromatic amines is 1. The average Bonchev–Trinajstić information content (AvgIpc) is 3.21. The zero-order valence-corrected chi connectivity index (χ0v) is 13.5. The minimum absolute atomic E-state index is 0.0843. The quantitative estimate of drug-likeness (QED) is 0.727. The second-order valence-corrected chi connectivity index (χ2v) is 5.76. The molecule has 0 saturated heterocycles. The van der Waals surface area contributed by atoms with Crippen LogP contribution >= 0.6 is 0 Å². The number of ether oxygens (including phenoxy) is 1. The highest BCUT2D eigenvalue weighted by Crippen LogP contribution is 2.40. The Kier molecular flexibility index (Phi) is 3.68. The molecular weight excluding hydrogens is 347 g/mol. The van der Waals surface area contributed by atoms with Gasteiger partial charge in [-0.15, -0.1) is 0 Å². The molecule has 1 N–H and O–H groups in total. The Morgan fingerprint density at radius 1 is 1.19 bits per heavy atom. The summed E-state index contributed by atoms with van der Waals surface area (Å²) in [6.45, 7) is 0. The van der Waals surface area contributed by atoms with Crippen LogP contribution in [0.25, 0.3) is 11.0 Å². The number of carbonyl (C=O) groups is 1. The Balaban J connectivity index is 1.89. The lowest BCUT2D eigenvalue weighted by Gasteiger charge is -2.27. The second kappa shape index (κ2) is 5.91. The van der Waals surface area contributed by atoms with Crippen molar-refractivity contribution in [3.63, 3.8) is 0 Å². The minimum Gasteiger partial charge on any atom is -0.498 e. The summed E-state index contributed by atoms with van der Waals surface area (Å²) in [6.07, 6.45) is 2.67. The Morgan fingerprint density at radius 3 is 2.77 bits per heavy atom. The predicted octanol–water partition coefficient (Wildman–Crippen LogP) is 3.60. The van der Waals surface area contributed by atoms with E-state index < -0.39 is 29.4 Å². The van der Waals surface area contributed by atoms with E-state index in [9.17, 15) is 18.0 Å². The van der Waals surface area contributed by atoms with Crippen LogP contribution in [0.4, 0.5) is 18.9 Å². The Hall–Kier alpha value is -3.29. The number of halogens is 3. The molecule has 0 aliphatic carbocycles. The van der Waals surface area contributed by atoms with Gasteiger partial charge >= 0.3 is 0 Å². The fraction of sp³-hybridized carbons (Fsp3) is 0.111. The zero-order valence-electron chi connectivity index (χ0n) is 13.5. The fourth-order valence-corrected chi connectivity index (χ4v) is 3.11. The molecule has 132 valence electrons. The number of benzene rings is 2. The molecular formula is C18H12F3N3O2. The van der Waals surface area contributed by atoms with Crippen LogP contribution < -0.4 is 4.90 Å². The third kappa shape index (κ3) is 2.42. The van der Waals surface area contributed by atoms with Crippen LogP contribution in [0.3, 0.4) is 0 Å². The van der Waals surface area contributed by atoms with Gasteiger partial charge in [-0.25, -0.2) is 18.2 Å². The number of amides is 1. The van der Waals surface area contributed by atoms with Gasteiger partial charge in [0.2, 0.25) is 0 Å². The van der Waals surface area contributed by atoms with Gasteiger partial charge in [0.1, 0.15) is 17.6 Å². The summed E-state index contributed by atoms with van der Waals surface area (Å²) in [5.74, 6) is -3.93. The first-order valence-corrected chi connectivity index (χ1v) is 7.66. The number of carbonyl (C=O) groups excluding carboxylic acids is 1. The van der Waals surface area contributed by atoms with Crippen molar-refractivity contribution >= 4 is 22.6 Å².